The fraction of sp³-hybridized carbons (Fsp3) is 1.00. The zero-order valence-corrected chi connectivity index (χ0v) is 12.2. The van der Waals surface area contributed by atoms with E-state index in [2.05, 4.69) is 10.2 Å². The van der Waals surface area contributed by atoms with Gasteiger partial charge in [-0.25, -0.2) is 0 Å². The first kappa shape index (κ1) is 14.3. The number of nitrogens with zero attached hydrogens (tertiary/aromatic N) is 2. The molecule has 0 spiro atoms. The Kier molecular flexibility index (Phi) is 4.64. The van der Waals surface area contributed by atoms with Crippen molar-refractivity contribution < 1.29 is 5.11 Å². The van der Waals surface area contributed by atoms with Crippen LogP contribution in [0.3, 0.4) is 0 Å². The maximum atomic E-state index is 10.3. The van der Waals surface area contributed by atoms with Crippen LogP contribution in [0.5, 0.6) is 0 Å². The van der Waals surface area contributed by atoms with Crippen molar-refractivity contribution in [3.63, 3.8) is 0 Å². The van der Waals surface area contributed by atoms with E-state index in [1.165, 1.54) is 38.8 Å². The van der Waals surface area contributed by atoms with Crippen molar-refractivity contribution in [3.8, 4) is 0 Å². The lowest BCUT2D eigenvalue weighted by Crippen LogP contribution is -2.52. The molecule has 2 fully saturated rings. The lowest BCUT2D eigenvalue weighted by molar-refractivity contribution is 0.0277. The van der Waals surface area contributed by atoms with Crippen molar-refractivity contribution in [1.29, 1.82) is 0 Å². The van der Waals surface area contributed by atoms with E-state index >= 15 is 0 Å². The van der Waals surface area contributed by atoms with Crippen molar-refractivity contribution >= 4 is 0 Å². The third kappa shape index (κ3) is 3.92. The van der Waals surface area contributed by atoms with Crippen molar-refractivity contribution in [1.82, 2.24) is 15.1 Å². The highest BCUT2D eigenvalue weighted by Crippen LogP contribution is 2.26. The van der Waals surface area contributed by atoms with Gasteiger partial charge in [-0.1, -0.05) is 0 Å². The summed E-state index contributed by atoms with van der Waals surface area (Å²) in [5, 5.41) is 13.9. The Labute approximate surface area is 111 Å². The van der Waals surface area contributed by atoms with Gasteiger partial charge in [0.25, 0.3) is 0 Å². The van der Waals surface area contributed by atoms with Crippen molar-refractivity contribution in [2.45, 2.75) is 50.3 Å². The molecule has 0 aliphatic carbocycles. The number of aliphatic hydroxyl groups is 1. The molecule has 0 amide bonds. The predicted molar refractivity (Wildman–Crippen MR) is 74.8 cm³/mol. The molecule has 18 heavy (non-hydrogen) atoms. The van der Waals surface area contributed by atoms with Gasteiger partial charge in [-0.15, -0.1) is 0 Å². The van der Waals surface area contributed by atoms with Gasteiger partial charge in [-0.2, -0.15) is 0 Å². The Morgan fingerprint density at radius 1 is 1.33 bits per heavy atom. The van der Waals surface area contributed by atoms with Crippen LogP contribution >= 0.6 is 0 Å². The molecule has 2 rings (SSSR count). The Morgan fingerprint density at radius 3 is 2.83 bits per heavy atom. The van der Waals surface area contributed by atoms with Crippen LogP contribution in [-0.2, 0) is 0 Å². The molecule has 0 aromatic rings. The second kappa shape index (κ2) is 5.87. The Bertz CT molecular complexity index is 268. The van der Waals surface area contributed by atoms with E-state index in [9.17, 15) is 5.11 Å². The highest BCUT2D eigenvalue weighted by molar-refractivity contribution is 4.90. The second-order valence-corrected chi connectivity index (χ2v) is 6.67. The van der Waals surface area contributed by atoms with Gasteiger partial charge in [0.1, 0.15) is 0 Å². The summed E-state index contributed by atoms with van der Waals surface area (Å²) in [6.07, 6.45) is 5.23. The molecule has 0 unspecified atom stereocenters. The summed E-state index contributed by atoms with van der Waals surface area (Å²) >= 11 is 0. The van der Waals surface area contributed by atoms with Crippen LogP contribution in [0.1, 0.15) is 32.6 Å². The minimum atomic E-state index is -0.629. The number of nitrogens with one attached hydrogen (secondary N) is 1. The Hall–Kier alpha value is -0.160. The molecule has 4 heteroatoms. The first-order chi connectivity index (χ1) is 8.46. The van der Waals surface area contributed by atoms with Gasteiger partial charge in [0.05, 0.1) is 5.60 Å². The van der Waals surface area contributed by atoms with Gasteiger partial charge in [0.2, 0.25) is 0 Å². The van der Waals surface area contributed by atoms with Crippen LogP contribution in [-0.4, -0.2) is 72.9 Å². The first-order valence-electron chi connectivity index (χ1n) is 7.31. The maximum absolute atomic E-state index is 10.3. The number of rotatable bonds is 5. The smallest absolute Gasteiger partial charge is 0.0869 e. The van der Waals surface area contributed by atoms with Gasteiger partial charge in [0.15, 0.2) is 0 Å². The van der Waals surface area contributed by atoms with Crippen LogP contribution in [0, 0.1) is 0 Å². The Balaban J connectivity index is 1.73. The van der Waals surface area contributed by atoms with E-state index in [4.69, 9.17) is 0 Å². The molecule has 3 atom stereocenters. The fourth-order valence-electron chi connectivity index (χ4n) is 3.51. The van der Waals surface area contributed by atoms with Crippen LogP contribution in [0.2, 0.25) is 0 Å². The molecule has 0 bridgehead atoms. The molecule has 0 aromatic carbocycles. The molecule has 2 heterocycles. The monoisotopic (exact) mass is 255 g/mol. The number of likely N-dealkylation sites (N-methyl/N-ethyl adjacent to an activating group) is 1. The van der Waals surface area contributed by atoms with E-state index < -0.39 is 5.60 Å². The van der Waals surface area contributed by atoms with Crippen LogP contribution < -0.4 is 5.32 Å². The summed E-state index contributed by atoms with van der Waals surface area (Å²) < 4.78 is 0. The fourth-order valence-corrected chi connectivity index (χ4v) is 3.51. The summed E-state index contributed by atoms with van der Waals surface area (Å²) in [6, 6.07) is 1.40. The zero-order chi connectivity index (χ0) is 13.2. The van der Waals surface area contributed by atoms with Crippen molar-refractivity contribution in [3.05, 3.63) is 0 Å². The van der Waals surface area contributed by atoms with Gasteiger partial charge in [-0.05, 0) is 59.8 Å². The molecule has 106 valence electrons. The normalized spacial score (nSPS) is 32.5. The Morgan fingerprint density at radius 2 is 2.11 bits per heavy atom. The lowest BCUT2D eigenvalue weighted by atomic mass is 9.96. The minimum Gasteiger partial charge on any atom is -0.388 e. The van der Waals surface area contributed by atoms with E-state index in [0.717, 1.165) is 6.04 Å². The van der Waals surface area contributed by atoms with Crippen LogP contribution in [0.15, 0.2) is 0 Å². The molecule has 2 aliphatic rings. The third-order valence-corrected chi connectivity index (χ3v) is 4.25. The molecular weight excluding hydrogens is 226 g/mol. The van der Waals surface area contributed by atoms with Crippen molar-refractivity contribution in [2.24, 2.45) is 0 Å². The van der Waals surface area contributed by atoms with Gasteiger partial charge < -0.3 is 20.2 Å². The lowest BCUT2D eigenvalue weighted by Gasteiger charge is -2.37. The average molecular weight is 255 g/mol. The van der Waals surface area contributed by atoms with E-state index in [0.29, 0.717) is 19.1 Å². The first-order valence-corrected chi connectivity index (χ1v) is 7.31. The molecule has 0 radical (unpaired) electrons. The molecule has 2 saturated heterocycles. The van der Waals surface area contributed by atoms with E-state index in [1.54, 1.807) is 0 Å². The number of fused-ring (bicyclic) bond motifs is 1. The molecular formula is C14H29N3O. The van der Waals surface area contributed by atoms with Crippen molar-refractivity contribution in [2.75, 3.05) is 40.3 Å². The SMILES string of the molecule is CN(C)C[C@](C)(O)CN[C@@H]1CCN2CCC[C@@H]2C1. The summed E-state index contributed by atoms with van der Waals surface area (Å²) in [5.74, 6) is 0. The standard InChI is InChI=1S/C14H29N3O/c1-14(18,11-16(2)3)10-15-12-6-8-17-7-4-5-13(17)9-12/h12-13,15,18H,4-11H2,1-3H3/t12-,13-,14-/m1/s1. The molecule has 2 aliphatic heterocycles. The summed E-state index contributed by atoms with van der Waals surface area (Å²) in [4.78, 5) is 4.68. The maximum Gasteiger partial charge on any atom is 0.0869 e. The minimum absolute atomic E-state index is 0.595. The zero-order valence-electron chi connectivity index (χ0n) is 12.2. The highest BCUT2D eigenvalue weighted by Gasteiger charge is 2.32. The predicted octanol–water partition coefficient (Wildman–Crippen LogP) is 0.515. The largest absolute Gasteiger partial charge is 0.388 e. The number of piperidine rings is 1. The van der Waals surface area contributed by atoms with E-state index in [1.807, 2.05) is 25.9 Å². The van der Waals surface area contributed by atoms with Crippen LogP contribution in [0.25, 0.3) is 0 Å². The van der Waals surface area contributed by atoms with Gasteiger partial charge in [-0.3, -0.25) is 0 Å². The third-order valence-electron chi connectivity index (χ3n) is 4.25. The average Bonchev–Trinajstić information content (AvgIpc) is 2.71. The molecule has 4 nitrogen and oxygen atoms in total. The second-order valence-electron chi connectivity index (χ2n) is 6.67. The summed E-state index contributed by atoms with van der Waals surface area (Å²) in [6.45, 7) is 5.86. The topological polar surface area (TPSA) is 38.7 Å². The van der Waals surface area contributed by atoms with Crippen LogP contribution in [0.4, 0.5) is 0 Å². The number of hydrogen-bond acceptors (Lipinski definition) is 4. The van der Waals surface area contributed by atoms with Gasteiger partial charge in [0, 0.05) is 25.2 Å². The number of hydrogen-bond donors (Lipinski definition) is 2. The van der Waals surface area contributed by atoms with E-state index in [-0.39, 0.29) is 0 Å². The quantitative estimate of drug-likeness (QED) is 0.751. The highest BCUT2D eigenvalue weighted by atomic mass is 16.3. The van der Waals surface area contributed by atoms with Gasteiger partial charge >= 0.3 is 0 Å². The summed E-state index contributed by atoms with van der Waals surface area (Å²) in [5.41, 5.74) is -0.629. The molecule has 2 N–H and O–H groups in total. The molecule has 0 saturated carbocycles. The molecule has 0 aromatic heterocycles. The summed E-state index contributed by atoms with van der Waals surface area (Å²) in [7, 11) is 4.01.